The van der Waals surface area contributed by atoms with Crippen molar-refractivity contribution in [1.82, 2.24) is 10.3 Å². The second kappa shape index (κ2) is 6.57. The van der Waals surface area contributed by atoms with Crippen LogP contribution in [-0.2, 0) is 14.1 Å². The van der Waals surface area contributed by atoms with Crippen molar-refractivity contribution >= 4 is 19.1 Å². The molecule has 0 unspecified atom stereocenters. The molecule has 1 aromatic rings. The van der Waals surface area contributed by atoms with Crippen molar-refractivity contribution in [2.24, 2.45) is 0 Å². The SMILES string of the molecule is CC(=O)NCC(=Cc1ccc(=O)[nH]c1C)B1OC(C)(C)C(C)(C)O1. The minimum absolute atomic E-state index is 0.129. The fourth-order valence-electron chi connectivity index (χ4n) is 2.37. The smallest absolute Gasteiger partial charge is 0.400 e. The first-order valence-electron chi connectivity index (χ1n) is 8.02. The zero-order chi connectivity index (χ0) is 18.1. The Bertz CT molecular complexity index is 706. The van der Waals surface area contributed by atoms with Gasteiger partial charge < -0.3 is 19.6 Å². The lowest BCUT2D eigenvalue weighted by molar-refractivity contribution is -0.118. The van der Waals surface area contributed by atoms with Crippen molar-refractivity contribution in [1.29, 1.82) is 0 Å². The highest BCUT2D eigenvalue weighted by Crippen LogP contribution is 2.38. The van der Waals surface area contributed by atoms with E-state index in [9.17, 15) is 9.59 Å². The van der Waals surface area contributed by atoms with Gasteiger partial charge in [-0.05, 0) is 51.7 Å². The molecular formula is C17H25BN2O4. The molecular weight excluding hydrogens is 307 g/mol. The Hall–Kier alpha value is -1.86. The summed E-state index contributed by atoms with van der Waals surface area (Å²) in [5.41, 5.74) is 1.31. The molecule has 6 nitrogen and oxygen atoms in total. The number of amides is 1. The number of aromatic amines is 1. The van der Waals surface area contributed by atoms with Crippen LogP contribution < -0.4 is 10.9 Å². The predicted molar refractivity (Wildman–Crippen MR) is 94.5 cm³/mol. The lowest BCUT2D eigenvalue weighted by Crippen LogP contribution is -2.41. The number of hydrogen-bond donors (Lipinski definition) is 2. The van der Waals surface area contributed by atoms with Crippen LogP contribution in [0.15, 0.2) is 22.4 Å². The zero-order valence-corrected chi connectivity index (χ0v) is 15.1. The number of nitrogens with one attached hydrogen (secondary N) is 2. The molecule has 0 spiro atoms. The number of carbonyl (C=O) groups is 1. The number of pyridine rings is 1. The van der Waals surface area contributed by atoms with Gasteiger partial charge in [-0.3, -0.25) is 9.59 Å². The number of hydrogen-bond acceptors (Lipinski definition) is 4. The molecule has 7 heteroatoms. The van der Waals surface area contributed by atoms with E-state index < -0.39 is 18.3 Å². The number of aromatic nitrogens is 1. The molecule has 0 bridgehead atoms. The van der Waals surface area contributed by atoms with Gasteiger partial charge in [-0.2, -0.15) is 0 Å². The van der Waals surface area contributed by atoms with Crippen molar-refractivity contribution in [3.63, 3.8) is 0 Å². The molecule has 0 saturated carbocycles. The normalized spacial score (nSPS) is 19.4. The highest BCUT2D eigenvalue weighted by Gasteiger charge is 2.52. The monoisotopic (exact) mass is 332 g/mol. The quantitative estimate of drug-likeness (QED) is 0.825. The minimum Gasteiger partial charge on any atom is -0.400 e. The van der Waals surface area contributed by atoms with Crippen LogP contribution in [0.2, 0.25) is 0 Å². The van der Waals surface area contributed by atoms with E-state index in [1.807, 2.05) is 40.7 Å². The number of rotatable bonds is 4. The molecule has 2 heterocycles. The van der Waals surface area contributed by atoms with Gasteiger partial charge in [0.25, 0.3) is 0 Å². The van der Waals surface area contributed by atoms with Gasteiger partial charge in [0.05, 0.1) is 11.2 Å². The minimum atomic E-state index is -0.562. The lowest BCUT2D eigenvalue weighted by atomic mass is 9.77. The molecule has 1 saturated heterocycles. The van der Waals surface area contributed by atoms with Gasteiger partial charge in [-0.15, -0.1) is 0 Å². The summed E-state index contributed by atoms with van der Waals surface area (Å²) in [6.07, 6.45) is 1.89. The Balaban J connectivity index is 2.37. The molecule has 1 aliphatic rings. The number of aryl methyl sites for hydroxylation is 1. The zero-order valence-electron chi connectivity index (χ0n) is 15.1. The topological polar surface area (TPSA) is 80.4 Å². The first kappa shape index (κ1) is 18.5. The second-order valence-corrected chi connectivity index (χ2v) is 7.12. The summed E-state index contributed by atoms with van der Waals surface area (Å²) in [4.78, 5) is 25.5. The van der Waals surface area contributed by atoms with E-state index in [2.05, 4.69) is 10.3 Å². The lowest BCUT2D eigenvalue weighted by Gasteiger charge is -2.32. The molecule has 2 rings (SSSR count). The van der Waals surface area contributed by atoms with Gasteiger partial charge in [0, 0.05) is 25.2 Å². The third kappa shape index (κ3) is 3.97. The number of H-pyrrole nitrogens is 1. The summed E-state index contributed by atoms with van der Waals surface area (Å²) in [7, 11) is -0.562. The summed E-state index contributed by atoms with van der Waals surface area (Å²) in [5.74, 6) is -0.129. The van der Waals surface area contributed by atoms with Crippen LogP contribution in [0, 0.1) is 6.92 Å². The predicted octanol–water partition coefficient (Wildman–Crippen LogP) is 1.83. The first-order valence-corrected chi connectivity index (χ1v) is 8.02. The maximum absolute atomic E-state index is 11.4. The van der Waals surface area contributed by atoms with Gasteiger partial charge in [0.1, 0.15) is 0 Å². The van der Waals surface area contributed by atoms with E-state index >= 15 is 0 Å². The molecule has 1 aromatic heterocycles. The van der Waals surface area contributed by atoms with Gasteiger partial charge in [-0.1, -0.05) is 6.08 Å². The van der Waals surface area contributed by atoms with Crippen LogP contribution in [0.1, 0.15) is 45.9 Å². The molecule has 0 radical (unpaired) electrons. The summed E-state index contributed by atoms with van der Waals surface area (Å²) in [6.45, 7) is 11.5. The largest absolute Gasteiger partial charge is 0.492 e. The highest BCUT2D eigenvalue weighted by molar-refractivity contribution is 6.56. The number of carbonyl (C=O) groups excluding carboxylic acids is 1. The average molecular weight is 332 g/mol. The van der Waals surface area contributed by atoms with E-state index in [0.29, 0.717) is 6.54 Å². The summed E-state index contributed by atoms with van der Waals surface area (Å²) >= 11 is 0. The molecule has 1 fully saturated rings. The van der Waals surface area contributed by atoms with Crippen molar-refractivity contribution in [3.05, 3.63) is 39.2 Å². The third-order valence-electron chi connectivity index (χ3n) is 4.60. The molecule has 24 heavy (non-hydrogen) atoms. The van der Waals surface area contributed by atoms with E-state index in [1.165, 1.54) is 13.0 Å². The maximum atomic E-state index is 11.4. The Morgan fingerprint density at radius 1 is 1.25 bits per heavy atom. The molecule has 0 aliphatic carbocycles. The van der Waals surface area contributed by atoms with E-state index in [0.717, 1.165) is 16.7 Å². The first-order chi connectivity index (χ1) is 11.0. The second-order valence-electron chi connectivity index (χ2n) is 7.12. The average Bonchev–Trinajstić information content (AvgIpc) is 2.65. The Morgan fingerprint density at radius 2 is 1.83 bits per heavy atom. The van der Waals surface area contributed by atoms with Gasteiger partial charge in [-0.25, -0.2) is 0 Å². The fourth-order valence-corrected chi connectivity index (χ4v) is 2.37. The van der Waals surface area contributed by atoms with E-state index in [4.69, 9.17) is 9.31 Å². The summed E-state index contributed by atoms with van der Waals surface area (Å²) in [6, 6.07) is 3.21. The maximum Gasteiger partial charge on any atom is 0.492 e. The van der Waals surface area contributed by atoms with Gasteiger partial charge in [0.15, 0.2) is 0 Å². The van der Waals surface area contributed by atoms with Gasteiger partial charge >= 0.3 is 7.12 Å². The Labute approximate surface area is 142 Å². The molecule has 0 aromatic carbocycles. The van der Waals surface area contributed by atoms with Crippen LogP contribution in [0.4, 0.5) is 0 Å². The molecule has 1 aliphatic heterocycles. The summed E-state index contributed by atoms with van der Waals surface area (Å²) in [5, 5.41) is 2.79. The molecule has 1 amide bonds. The third-order valence-corrected chi connectivity index (χ3v) is 4.60. The van der Waals surface area contributed by atoms with Crippen LogP contribution in [0.3, 0.4) is 0 Å². The van der Waals surface area contributed by atoms with Crippen molar-refractivity contribution in [2.75, 3.05) is 6.54 Å². The fraction of sp³-hybridized carbons (Fsp3) is 0.529. The standard InChI is InChI=1S/C17H25BN2O4/c1-11-13(7-8-15(22)20-11)9-14(10-19-12(2)21)18-23-16(3,4)17(5,6)24-18/h7-9H,10H2,1-6H3,(H,19,21)(H,20,22). The van der Waals surface area contributed by atoms with Gasteiger partial charge in [0.2, 0.25) is 11.5 Å². The van der Waals surface area contributed by atoms with Crippen LogP contribution in [0.5, 0.6) is 0 Å². The van der Waals surface area contributed by atoms with Crippen LogP contribution in [0.25, 0.3) is 6.08 Å². The Kier molecular flexibility index (Phi) is 5.06. The summed E-state index contributed by atoms with van der Waals surface area (Å²) < 4.78 is 12.2. The van der Waals surface area contributed by atoms with E-state index in [1.54, 1.807) is 6.07 Å². The highest BCUT2D eigenvalue weighted by atomic mass is 16.7. The van der Waals surface area contributed by atoms with Crippen molar-refractivity contribution in [3.8, 4) is 0 Å². The molecule has 0 atom stereocenters. The van der Waals surface area contributed by atoms with Crippen molar-refractivity contribution in [2.45, 2.75) is 52.7 Å². The van der Waals surface area contributed by atoms with Crippen LogP contribution in [-0.4, -0.2) is 35.8 Å². The van der Waals surface area contributed by atoms with E-state index in [-0.39, 0.29) is 11.5 Å². The van der Waals surface area contributed by atoms with Crippen molar-refractivity contribution < 1.29 is 14.1 Å². The molecule has 130 valence electrons. The van der Waals surface area contributed by atoms with Crippen LogP contribution >= 0.6 is 0 Å². The molecule has 2 N–H and O–H groups in total. The Morgan fingerprint density at radius 3 is 2.33 bits per heavy atom.